The summed E-state index contributed by atoms with van der Waals surface area (Å²) in [4.78, 5) is 12.3. The molecule has 0 atom stereocenters. The van der Waals surface area contributed by atoms with Gasteiger partial charge in [-0.25, -0.2) is 0 Å². The molecule has 1 aliphatic carbocycles. The minimum atomic E-state index is -0.385. The molecule has 1 aliphatic heterocycles. The molecule has 1 saturated carbocycles. The maximum Gasteiger partial charge on any atom is 0.250 e. The van der Waals surface area contributed by atoms with Crippen molar-refractivity contribution in [1.82, 2.24) is 9.78 Å². The van der Waals surface area contributed by atoms with Gasteiger partial charge in [-0.15, -0.1) is 0 Å². The monoisotopic (exact) mass is 248 g/mol. The van der Waals surface area contributed by atoms with Crippen molar-refractivity contribution >= 4 is 17.4 Å². The average molecular weight is 248 g/mol. The lowest BCUT2D eigenvalue weighted by molar-refractivity contribution is -0.120. The molecule has 1 fully saturated rings. The van der Waals surface area contributed by atoms with Gasteiger partial charge in [0.25, 0.3) is 0 Å². The second kappa shape index (κ2) is 4.00. The van der Waals surface area contributed by atoms with Crippen LogP contribution >= 0.6 is 0 Å². The third-order valence-corrected chi connectivity index (χ3v) is 4.09. The Morgan fingerprint density at radius 3 is 2.78 bits per heavy atom. The predicted octanol–water partition coefficient (Wildman–Crippen LogP) is 2.05. The zero-order valence-corrected chi connectivity index (χ0v) is 11.0. The van der Waals surface area contributed by atoms with E-state index in [4.69, 9.17) is 0 Å². The molecule has 5 heteroatoms. The van der Waals surface area contributed by atoms with Gasteiger partial charge in [-0.05, 0) is 19.3 Å². The summed E-state index contributed by atoms with van der Waals surface area (Å²) >= 11 is 0. The summed E-state index contributed by atoms with van der Waals surface area (Å²) in [6.45, 7) is 2.12. The van der Waals surface area contributed by atoms with Gasteiger partial charge in [0.05, 0.1) is 5.69 Å². The van der Waals surface area contributed by atoms with Crippen LogP contribution in [0.1, 0.15) is 44.7 Å². The standard InChI is InChI=1S/C13H20N4O/c1-3-6-9-10-11(17(2)16-9)15-13(12(18)14-10)7-4-5-8-13/h15H,3-8H2,1-2H3,(H,14,18). The lowest BCUT2D eigenvalue weighted by Crippen LogP contribution is -2.50. The van der Waals surface area contributed by atoms with E-state index < -0.39 is 0 Å². The maximum atomic E-state index is 12.3. The van der Waals surface area contributed by atoms with Crippen molar-refractivity contribution in [3.8, 4) is 0 Å². The van der Waals surface area contributed by atoms with Crippen molar-refractivity contribution < 1.29 is 4.79 Å². The Labute approximate surface area is 107 Å². The molecule has 1 amide bonds. The van der Waals surface area contributed by atoms with E-state index in [9.17, 15) is 4.79 Å². The molecular weight excluding hydrogens is 228 g/mol. The minimum Gasteiger partial charge on any atom is -0.354 e. The number of carbonyl (C=O) groups is 1. The van der Waals surface area contributed by atoms with Gasteiger partial charge in [-0.1, -0.05) is 26.2 Å². The van der Waals surface area contributed by atoms with Gasteiger partial charge in [0.15, 0.2) is 0 Å². The van der Waals surface area contributed by atoms with E-state index in [1.54, 1.807) is 0 Å². The van der Waals surface area contributed by atoms with Gasteiger partial charge in [0, 0.05) is 7.05 Å². The fraction of sp³-hybridized carbons (Fsp3) is 0.692. The molecule has 5 nitrogen and oxygen atoms in total. The van der Waals surface area contributed by atoms with Crippen molar-refractivity contribution in [2.24, 2.45) is 7.05 Å². The second-order valence-corrected chi connectivity index (χ2v) is 5.41. The second-order valence-electron chi connectivity index (χ2n) is 5.41. The highest BCUT2D eigenvalue weighted by Gasteiger charge is 2.45. The Balaban J connectivity index is 2.00. The molecule has 1 aromatic rings. The summed E-state index contributed by atoms with van der Waals surface area (Å²) in [5.74, 6) is 1.10. The zero-order chi connectivity index (χ0) is 12.8. The SMILES string of the molecule is CCCc1nn(C)c2c1NC(=O)C1(CCCC1)N2. The Kier molecular flexibility index (Phi) is 2.57. The molecule has 18 heavy (non-hydrogen) atoms. The highest BCUT2D eigenvalue weighted by Crippen LogP contribution is 2.41. The Morgan fingerprint density at radius 1 is 1.39 bits per heavy atom. The summed E-state index contributed by atoms with van der Waals surface area (Å²) < 4.78 is 1.86. The number of anilines is 2. The van der Waals surface area contributed by atoms with Crippen molar-refractivity contribution in [2.75, 3.05) is 10.6 Å². The number of nitrogens with one attached hydrogen (secondary N) is 2. The van der Waals surface area contributed by atoms with Crippen LogP contribution in [0.15, 0.2) is 0 Å². The number of nitrogens with zero attached hydrogens (tertiary/aromatic N) is 2. The summed E-state index contributed by atoms with van der Waals surface area (Å²) in [5.41, 5.74) is 1.50. The molecule has 0 bridgehead atoms. The molecule has 98 valence electrons. The van der Waals surface area contributed by atoms with Crippen LogP contribution in [0.25, 0.3) is 0 Å². The van der Waals surface area contributed by atoms with E-state index in [1.807, 2.05) is 11.7 Å². The Bertz CT molecular complexity index is 485. The van der Waals surface area contributed by atoms with Crippen LogP contribution in [0.2, 0.25) is 0 Å². The fourth-order valence-corrected chi connectivity index (χ4v) is 3.11. The maximum absolute atomic E-state index is 12.3. The molecule has 1 spiro atoms. The van der Waals surface area contributed by atoms with E-state index in [2.05, 4.69) is 22.7 Å². The number of amides is 1. The normalized spacial score (nSPS) is 20.7. The number of rotatable bonds is 2. The first-order chi connectivity index (χ1) is 8.66. The third-order valence-electron chi connectivity index (χ3n) is 4.09. The summed E-state index contributed by atoms with van der Waals surface area (Å²) in [7, 11) is 1.94. The number of hydrogen-bond donors (Lipinski definition) is 2. The van der Waals surface area contributed by atoms with Gasteiger partial charge < -0.3 is 10.6 Å². The molecule has 0 saturated heterocycles. The van der Waals surface area contributed by atoms with E-state index in [0.717, 1.165) is 55.7 Å². The largest absolute Gasteiger partial charge is 0.354 e. The Morgan fingerprint density at radius 2 is 2.11 bits per heavy atom. The van der Waals surface area contributed by atoms with E-state index in [0.29, 0.717) is 0 Å². The molecule has 0 unspecified atom stereocenters. The van der Waals surface area contributed by atoms with Crippen molar-refractivity contribution in [3.63, 3.8) is 0 Å². The predicted molar refractivity (Wildman–Crippen MR) is 70.7 cm³/mol. The van der Waals surface area contributed by atoms with Crippen LogP contribution in [-0.2, 0) is 18.3 Å². The average Bonchev–Trinajstić information content (AvgIpc) is 2.91. The van der Waals surface area contributed by atoms with Crippen LogP contribution in [0.3, 0.4) is 0 Å². The molecular formula is C13H20N4O. The van der Waals surface area contributed by atoms with Gasteiger partial charge in [0.2, 0.25) is 5.91 Å². The van der Waals surface area contributed by atoms with E-state index in [-0.39, 0.29) is 11.4 Å². The molecule has 2 aliphatic rings. The van der Waals surface area contributed by atoms with Gasteiger partial charge >= 0.3 is 0 Å². The molecule has 1 aromatic heterocycles. The Hall–Kier alpha value is -1.52. The van der Waals surface area contributed by atoms with Gasteiger partial charge in [0.1, 0.15) is 17.0 Å². The van der Waals surface area contributed by atoms with Crippen molar-refractivity contribution in [3.05, 3.63) is 5.69 Å². The van der Waals surface area contributed by atoms with E-state index in [1.165, 1.54) is 0 Å². The summed E-state index contributed by atoms with van der Waals surface area (Å²) in [6, 6.07) is 0. The number of fused-ring (bicyclic) bond motifs is 1. The van der Waals surface area contributed by atoms with Gasteiger partial charge in [-0.3, -0.25) is 9.48 Å². The summed E-state index contributed by atoms with van der Waals surface area (Å²) in [5, 5.41) is 11.1. The zero-order valence-electron chi connectivity index (χ0n) is 11.0. The number of aromatic nitrogens is 2. The van der Waals surface area contributed by atoms with Crippen LogP contribution in [-0.4, -0.2) is 21.2 Å². The number of carbonyl (C=O) groups excluding carboxylic acids is 1. The van der Waals surface area contributed by atoms with Crippen LogP contribution in [0.4, 0.5) is 11.5 Å². The number of hydrogen-bond acceptors (Lipinski definition) is 3. The molecule has 2 heterocycles. The first kappa shape index (κ1) is 11.6. The van der Waals surface area contributed by atoms with E-state index >= 15 is 0 Å². The first-order valence-electron chi connectivity index (χ1n) is 6.82. The molecule has 0 aromatic carbocycles. The van der Waals surface area contributed by atoms with Crippen molar-refractivity contribution in [1.29, 1.82) is 0 Å². The highest BCUT2D eigenvalue weighted by molar-refractivity contribution is 6.06. The fourth-order valence-electron chi connectivity index (χ4n) is 3.11. The molecule has 3 rings (SSSR count). The first-order valence-corrected chi connectivity index (χ1v) is 6.82. The number of aryl methyl sites for hydroxylation is 2. The van der Waals surface area contributed by atoms with Crippen LogP contribution in [0, 0.1) is 0 Å². The van der Waals surface area contributed by atoms with Crippen LogP contribution < -0.4 is 10.6 Å². The van der Waals surface area contributed by atoms with Crippen LogP contribution in [0.5, 0.6) is 0 Å². The quantitative estimate of drug-likeness (QED) is 0.842. The smallest absolute Gasteiger partial charge is 0.250 e. The highest BCUT2D eigenvalue weighted by atomic mass is 16.2. The molecule has 2 N–H and O–H groups in total. The van der Waals surface area contributed by atoms with Crippen molar-refractivity contribution in [2.45, 2.75) is 51.0 Å². The van der Waals surface area contributed by atoms with Gasteiger partial charge in [-0.2, -0.15) is 5.10 Å². The lowest BCUT2D eigenvalue weighted by atomic mass is 9.94. The third kappa shape index (κ3) is 1.53. The molecule has 0 radical (unpaired) electrons. The summed E-state index contributed by atoms with van der Waals surface area (Å²) in [6.07, 6.45) is 6.02. The lowest BCUT2D eigenvalue weighted by Gasteiger charge is -2.34. The minimum absolute atomic E-state index is 0.123. The topological polar surface area (TPSA) is 59.0 Å².